The first-order valence-corrected chi connectivity index (χ1v) is 9.47. The number of aromatic nitrogens is 2. The van der Waals surface area contributed by atoms with Gasteiger partial charge in [0.2, 0.25) is 0 Å². The second kappa shape index (κ2) is 10.6. The predicted octanol–water partition coefficient (Wildman–Crippen LogP) is -8.47. The SMILES string of the molecule is Cc1cc[n+](Cc2c[n+](C)c(C)cc2N)cc1.[O-][Cl+3]([O-])([O-])[O-].[O-][Cl+3]([O-])([O-])[O-]. The van der Waals surface area contributed by atoms with Gasteiger partial charge in [-0.3, -0.25) is 0 Å². The topological polar surface area (TPSA) is 218 Å². The molecule has 0 amide bonds. The van der Waals surface area contributed by atoms with E-state index in [-0.39, 0.29) is 0 Å². The Balaban J connectivity index is 0.000000563. The van der Waals surface area contributed by atoms with Gasteiger partial charge in [-0.2, -0.15) is 0 Å². The largest absolute Gasteiger partial charge is 0.398 e. The van der Waals surface area contributed by atoms with Crippen LogP contribution in [0.25, 0.3) is 0 Å². The first-order valence-electron chi connectivity index (χ1n) is 7.00. The second-order valence-electron chi connectivity index (χ2n) is 5.31. The Hall–Kier alpha value is -1.64. The summed E-state index contributed by atoms with van der Waals surface area (Å²) in [5, 5.41) is 0. The van der Waals surface area contributed by atoms with Crippen LogP contribution in [0.4, 0.5) is 5.69 Å². The summed E-state index contributed by atoms with van der Waals surface area (Å²) in [7, 11) is -7.85. The molecule has 27 heavy (non-hydrogen) atoms. The molecule has 0 saturated heterocycles. The summed E-state index contributed by atoms with van der Waals surface area (Å²) in [5.74, 6) is 0. The Morgan fingerprint density at radius 3 is 1.70 bits per heavy atom. The van der Waals surface area contributed by atoms with E-state index in [1.807, 2.05) is 13.1 Å². The molecule has 2 aromatic rings. The fourth-order valence-corrected chi connectivity index (χ4v) is 1.80. The third-order valence-corrected chi connectivity index (χ3v) is 3.05. The van der Waals surface area contributed by atoms with Crippen molar-refractivity contribution < 1.29 is 66.9 Å². The number of anilines is 1. The van der Waals surface area contributed by atoms with Crippen molar-refractivity contribution in [1.29, 1.82) is 0 Å². The van der Waals surface area contributed by atoms with E-state index in [1.165, 1.54) is 11.3 Å². The lowest BCUT2D eigenvalue weighted by atomic mass is 10.2. The van der Waals surface area contributed by atoms with E-state index in [4.69, 9.17) is 43.0 Å². The molecule has 0 unspecified atom stereocenters. The van der Waals surface area contributed by atoms with Gasteiger partial charge in [0.05, 0.1) is 5.69 Å². The van der Waals surface area contributed by atoms with Crippen LogP contribution in [0.3, 0.4) is 0 Å². The summed E-state index contributed by atoms with van der Waals surface area (Å²) in [6.45, 7) is 4.95. The van der Waals surface area contributed by atoms with Gasteiger partial charge in [0.25, 0.3) is 0 Å². The average Bonchev–Trinajstić information content (AvgIpc) is 2.43. The third-order valence-electron chi connectivity index (χ3n) is 3.05. The fraction of sp³-hybridized carbons (Fsp3) is 0.286. The molecule has 0 fully saturated rings. The molecule has 0 saturated carbocycles. The van der Waals surface area contributed by atoms with E-state index in [1.54, 1.807) is 0 Å². The van der Waals surface area contributed by atoms with E-state index in [9.17, 15) is 0 Å². The summed E-state index contributed by atoms with van der Waals surface area (Å²) >= 11 is 0. The molecule has 2 rings (SSSR count). The van der Waals surface area contributed by atoms with Crippen LogP contribution in [0, 0.1) is 34.3 Å². The van der Waals surface area contributed by atoms with E-state index >= 15 is 0 Å². The van der Waals surface area contributed by atoms with Gasteiger partial charge in [0.1, 0.15) is 12.6 Å². The van der Waals surface area contributed by atoms with Crippen LogP contribution in [-0.4, -0.2) is 0 Å². The van der Waals surface area contributed by atoms with Gasteiger partial charge in [0.15, 0.2) is 30.8 Å². The Morgan fingerprint density at radius 2 is 1.30 bits per heavy atom. The molecular weight excluding hydrogens is 409 g/mol. The zero-order valence-electron chi connectivity index (χ0n) is 14.7. The molecule has 2 heterocycles. The van der Waals surface area contributed by atoms with Gasteiger partial charge in [-0.1, -0.05) is 0 Å². The summed E-state index contributed by atoms with van der Waals surface area (Å²) in [5.41, 5.74) is 10.5. The molecule has 2 N–H and O–H groups in total. The Bertz CT molecular complexity index is 694. The maximum Gasteiger partial charge on any atom is 0.181 e. The summed E-state index contributed by atoms with van der Waals surface area (Å²) in [6.07, 6.45) is 6.25. The van der Waals surface area contributed by atoms with Crippen LogP contribution in [0.5, 0.6) is 0 Å². The summed E-state index contributed by atoms with van der Waals surface area (Å²) in [6, 6.07) is 6.22. The Morgan fingerprint density at radius 1 is 0.889 bits per heavy atom. The first-order chi connectivity index (χ1) is 12.1. The van der Waals surface area contributed by atoms with E-state index < -0.39 is 20.5 Å². The Labute approximate surface area is 159 Å². The van der Waals surface area contributed by atoms with Crippen LogP contribution in [0.15, 0.2) is 36.8 Å². The van der Waals surface area contributed by atoms with Crippen LogP contribution in [0.2, 0.25) is 0 Å². The molecular formula is C14H19Cl2N3O8. The van der Waals surface area contributed by atoms with Gasteiger partial charge >= 0.3 is 0 Å². The Kier molecular flexibility index (Phi) is 9.99. The first kappa shape index (κ1) is 25.4. The highest BCUT2D eigenvalue weighted by atomic mass is 35.7. The molecule has 152 valence electrons. The molecule has 2 aromatic heterocycles. The number of pyridine rings is 2. The highest BCUT2D eigenvalue weighted by molar-refractivity contribution is 5.44. The smallest absolute Gasteiger partial charge is 0.181 e. The maximum atomic E-state index is 8.49. The molecule has 0 spiro atoms. The molecule has 0 aliphatic rings. The van der Waals surface area contributed by atoms with E-state index in [2.05, 4.69) is 53.7 Å². The van der Waals surface area contributed by atoms with Gasteiger partial charge in [-0.25, -0.2) is 46.4 Å². The summed E-state index contributed by atoms with van der Waals surface area (Å²) in [4.78, 5) is 0. The molecule has 0 aliphatic carbocycles. The lowest BCUT2D eigenvalue weighted by Crippen LogP contribution is -2.68. The molecule has 11 nitrogen and oxygen atoms in total. The predicted molar refractivity (Wildman–Crippen MR) is 67.2 cm³/mol. The monoisotopic (exact) mass is 427 g/mol. The number of hydrogen-bond donors (Lipinski definition) is 1. The molecule has 0 aliphatic heterocycles. The van der Waals surface area contributed by atoms with Gasteiger partial charge < -0.3 is 5.73 Å². The minimum Gasteiger partial charge on any atom is -0.398 e. The van der Waals surface area contributed by atoms with Crippen molar-refractivity contribution in [3.05, 3.63) is 53.6 Å². The van der Waals surface area contributed by atoms with Crippen LogP contribution >= 0.6 is 0 Å². The van der Waals surface area contributed by atoms with Crippen LogP contribution in [-0.2, 0) is 13.6 Å². The number of aryl methyl sites for hydroxylation is 3. The third kappa shape index (κ3) is 15.1. The number of halogens is 2. The number of nitrogens with two attached hydrogens (primary N) is 1. The van der Waals surface area contributed by atoms with Crippen LogP contribution < -0.4 is 52.1 Å². The standard InChI is InChI=1S/C14H18N3.2ClHO4/c1-11-4-6-17(7-5-11)10-13-9-16(3)12(2)8-14(13)15;2*2-1(3,4)5/h4-9,15H,10H2,1-3H3;2*(H,2,3,4,5)/q+1;;/p-1. The minimum atomic E-state index is -4.94. The van der Waals surface area contributed by atoms with E-state index in [0.29, 0.717) is 0 Å². The van der Waals surface area contributed by atoms with Crippen molar-refractivity contribution in [2.24, 2.45) is 7.05 Å². The number of hydrogen-bond acceptors (Lipinski definition) is 9. The van der Waals surface area contributed by atoms with Crippen molar-refractivity contribution >= 4 is 5.69 Å². The lowest BCUT2D eigenvalue weighted by molar-refractivity contribution is -2.00. The zero-order valence-corrected chi connectivity index (χ0v) is 16.2. The molecule has 0 aromatic carbocycles. The minimum absolute atomic E-state index is 0.806. The maximum absolute atomic E-state index is 8.49. The van der Waals surface area contributed by atoms with Crippen molar-refractivity contribution in [2.45, 2.75) is 20.4 Å². The number of nitrogen functional groups attached to an aromatic ring is 1. The van der Waals surface area contributed by atoms with Crippen molar-refractivity contribution in [3.8, 4) is 0 Å². The van der Waals surface area contributed by atoms with Gasteiger partial charge in [-0.05, 0) is 12.5 Å². The average molecular weight is 428 g/mol. The highest BCUT2D eigenvalue weighted by Gasteiger charge is 2.12. The van der Waals surface area contributed by atoms with Gasteiger partial charge in [-0.15, -0.1) is 20.5 Å². The fourth-order valence-electron chi connectivity index (χ4n) is 1.80. The zero-order chi connectivity index (χ0) is 21.4. The van der Waals surface area contributed by atoms with Gasteiger partial charge in [0, 0.05) is 25.1 Å². The quantitative estimate of drug-likeness (QED) is 0.448. The molecule has 13 heteroatoms. The van der Waals surface area contributed by atoms with Crippen LogP contribution in [0.1, 0.15) is 16.8 Å². The molecule has 0 radical (unpaired) electrons. The van der Waals surface area contributed by atoms with Crippen molar-refractivity contribution in [1.82, 2.24) is 0 Å². The highest BCUT2D eigenvalue weighted by Crippen LogP contribution is 2.09. The van der Waals surface area contributed by atoms with Crippen molar-refractivity contribution in [3.63, 3.8) is 0 Å². The normalized spacial score (nSPS) is 11.1. The summed E-state index contributed by atoms with van der Waals surface area (Å²) < 4.78 is 72.2. The molecule has 0 bridgehead atoms. The number of rotatable bonds is 2. The number of nitrogens with zero attached hydrogens (tertiary/aromatic N) is 2. The van der Waals surface area contributed by atoms with Crippen molar-refractivity contribution in [2.75, 3.05) is 5.73 Å². The molecule has 0 atom stereocenters. The lowest BCUT2D eigenvalue weighted by Gasteiger charge is -2.17. The second-order valence-corrected chi connectivity index (χ2v) is 6.82. The van der Waals surface area contributed by atoms with E-state index in [0.717, 1.165) is 17.8 Å².